The highest BCUT2D eigenvalue weighted by Gasteiger charge is 2.26. The molecular formula is C18H17Cl2N3O3. The average molecular weight is 394 g/mol. The van der Waals surface area contributed by atoms with E-state index in [9.17, 15) is 14.9 Å². The summed E-state index contributed by atoms with van der Waals surface area (Å²) in [4.78, 5) is 27.0. The molecule has 0 radical (unpaired) electrons. The highest BCUT2D eigenvalue weighted by molar-refractivity contribution is 6.31. The molecule has 0 aliphatic carbocycles. The van der Waals surface area contributed by atoms with Gasteiger partial charge in [-0.05, 0) is 29.8 Å². The lowest BCUT2D eigenvalue weighted by Gasteiger charge is -2.36. The lowest BCUT2D eigenvalue weighted by molar-refractivity contribution is -0.384. The fourth-order valence-electron chi connectivity index (χ4n) is 3.00. The summed E-state index contributed by atoms with van der Waals surface area (Å²) in [6, 6.07) is 11.9. The zero-order chi connectivity index (χ0) is 18.7. The van der Waals surface area contributed by atoms with Crippen molar-refractivity contribution in [1.82, 2.24) is 4.90 Å². The van der Waals surface area contributed by atoms with Crippen LogP contribution >= 0.6 is 23.2 Å². The second-order valence-corrected chi connectivity index (χ2v) is 6.93. The number of anilines is 1. The van der Waals surface area contributed by atoms with E-state index in [4.69, 9.17) is 23.2 Å². The SMILES string of the molecule is O=C(Cc1ccc(Cl)cc1)N1CCN(c2ccc(Cl)cc2[N+](=O)[O-])CC1. The number of carbonyl (C=O) groups excluding carboxylic acids is 1. The molecule has 1 aliphatic heterocycles. The summed E-state index contributed by atoms with van der Waals surface area (Å²) in [5, 5.41) is 12.2. The highest BCUT2D eigenvalue weighted by atomic mass is 35.5. The number of nitro benzene ring substituents is 1. The van der Waals surface area contributed by atoms with Gasteiger partial charge in [0.15, 0.2) is 0 Å². The molecule has 1 amide bonds. The van der Waals surface area contributed by atoms with Crippen LogP contribution in [-0.2, 0) is 11.2 Å². The van der Waals surface area contributed by atoms with Gasteiger partial charge in [0.25, 0.3) is 5.69 Å². The first-order chi connectivity index (χ1) is 12.4. The van der Waals surface area contributed by atoms with Crippen molar-refractivity contribution >= 4 is 40.5 Å². The molecule has 0 N–H and O–H groups in total. The number of nitrogens with zero attached hydrogens (tertiary/aromatic N) is 3. The third kappa shape index (κ3) is 4.26. The van der Waals surface area contributed by atoms with E-state index in [2.05, 4.69) is 0 Å². The summed E-state index contributed by atoms with van der Waals surface area (Å²) in [6.07, 6.45) is 0.318. The maximum atomic E-state index is 12.5. The summed E-state index contributed by atoms with van der Waals surface area (Å²) >= 11 is 11.7. The zero-order valence-electron chi connectivity index (χ0n) is 13.9. The van der Waals surface area contributed by atoms with E-state index in [1.54, 1.807) is 29.2 Å². The number of halogens is 2. The van der Waals surface area contributed by atoms with Crippen molar-refractivity contribution in [2.75, 3.05) is 31.1 Å². The minimum atomic E-state index is -0.431. The molecule has 0 unspecified atom stereocenters. The van der Waals surface area contributed by atoms with Crippen LogP contribution in [0.2, 0.25) is 10.0 Å². The molecule has 0 atom stereocenters. The smallest absolute Gasteiger partial charge is 0.294 e. The van der Waals surface area contributed by atoms with E-state index in [0.717, 1.165) is 5.56 Å². The minimum absolute atomic E-state index is 0.0153. The molecule has 26 heavy (non-hydrogen) atoms. The number of nitro groups is 1. The van der Waals surface area contributed by atoms with E-state index in [-0.39, 0.29) is 11.6 Å². The maximum Gasteiger partial charge on any atom is 0.294 e. The van der Waals surface area contributed by atoms with Gasteiger partial charge in [-0.3, -0.25) is 14.9 Å². The lowest BCUT2D eigenvalue weighted by Crippen LogP contribution is -2.49. The first kappa shape index (κ1) is 18.5. The van der Waals surface area contributed by atoms with Crippen LogP contribution in [0.5, 0.6) is 0 Å². The Balaban J connectivity index is 1.63. The Hall–Kier alpha value is -2.31. The second-order valence-electron chi connectivity index (χ2n) is 6.06. The normalized spacial score (nSPS) is 14.4. The zero-order valence-corrected chi connectivity index (χ0v) is 15.4. The van der Waals surface area contributed by atoms with Crippen LogP contribution in [0.1, 0.15) is 5.56 Å². The number of hydrogen-bond acceptors (Lipinski definition) is 4. The van der Waals surface area contributed by atoms with Gasteiger partial charge < -0.3 is 9.80 Å². The number of amides is 1. The van der Waals surface area contributed by atoms with Gasteiger partial charge in [0.1, 0.15) is 5.69 Å². The number of rotatable bonds is 4. The van der Waals surface area contributed by atoms with Crippen LogP contribution in [0.3, 0.4) is 0 Å². The third-order valence-electron chi connectivity index (χ3n) is 4.38. The molecule has 2 aromatic rings. The van der Waals surface area contributed by atoms with Crippen molar-refractivity contribution in [3.63, 3.8) is 0 Å². The predicted molar refractivity (Wildman–Crippen MR) is 102 cm³/mol. The van der Waals surface area contributed by atoms with Crippen LogP contribution in [0, 0.1) is 10.1 Å². The predicted octanol–water partition coefficient (Wildman–Crippen LogP) is 3.79. The van der Waals surface area contributed by atoms with Gasteiger partial charge in [-0.1, -0.05) is 35.3 Å². The molecule has 2 aromatic carbocycles. The maximum absolute atomic E-state index is 12.5. The monoisotopic (exact) mass is 393 g/mol. The molecule has 6 nitrogen and oxygen atoms in total. The fourth-order valence-corrected chi connectivity index (χ4v) is 3.29. The molecule has 1 saturated heterocycles. The van der Waals surface area contributed by atoms with Crippen molar-refractivity contribution < 1.29 is 9.72 Å². The van der Waals surface area contributed by atoms with Gasteiger partial charge in [0.05, 0.1) is 11.3 Å². The van der Waals surface area contributed by atoms with Gasteiger partial charge in [-0.2, -0.15) is 0 Å². The van der Waals surface area contributed by atoms with E-state index in [1.165, 1.54) is 6.07 Å². The molecular weight excluding hydrogens is 377 g/mol. The molecule has 0 saturated carbocycles. The molecule has 0 aromatic heterocycles. The van der Waals surface area contributed by atoms with Gasteiger partial charge in [-0.25, -0.2) is 0 Å². The van der Waals surface area contributed by atoms with E-state index < -0.39 is 4.92 Å². The average Bonchev–Trinajstić information content (AvgIpc) is 2.63. The first-order valence-corrected chi connectivity index (χ1v) is 8.91. The fraction of sp³-hybridized carbons (Fsp3) is 0.278. The van der Waals surface area contributed by atoms with Crippen LogP contribution < -0.4 is 4.90 Å². The molecule has 0 bridgehead atoms. The van der Waals surface area contributed by atoms with E-state index >= 15 is 0 Å². The molecule has 1 fully saturated rings. The van der Waals surface area contributed by atoms with Crippen LogP contribution in [0.15, 0.2) is 42.5 Å². The summed E-state index contributed by atoms with van der Waals surface area (Å²) in [5.74, 6) is 0.0394. The summed E-state index contributed by atoms with van der Waals surface area (Å²) < 4.78 is 0. The summed E-state index contributed by atoms with van der Waals surface area (Å²) in [5.41, 5.74) is 1.43. The number of carbonyl (C=O) groups is 1. The van der Waals surface area contributed by atoms with Crippen molar-refractivity contribution in [2.45, 2.75) is 6.42 Å². The largest absolute Gasteiger partial charge is 0.362 e. The Morgan fingerprint density at radius 3 is 2.23 bits per heavy atom. The minimum Gasteiger partial charge on any atom is -0.362 e. The van der Waals surface area contributed by atoms with Crippen molar-refractivity contribution in [1.29, 1.82) is 0 Å². The van der Waals surface area contributed by atoms with Crippen molar-refractivity contribution in [3.05, 3.63) is 68.2 Å². The molecule has 1 heterocycles. The van der Waals surface area contributed by atoms with E-state index in [0.29, 0.717) is 48.3 Å². The lowest BCUT2D eigenvalue weighted by atomic mass is 10.1. The Morgan fingerprint density at radius 1 is 1.00 bits per heavy atom. The molecule has 3 rings (SSSR count). The third-order valence-corrected chi connectivity index (χ3v) is 4.86. The van der Waals surface area contributed by atoms with E-state index in [1.807, 2.05) is 17.0 Å². The van der Waals surface area contributed by atoms with Gasteiger partial charge in [0, 0.05) is 42.3 Å². The standard InChI is InChI=1S/C18H17Cl2N3O3/c19-14-3-1-13(2-4-14)11-18(24)22-9-7-21(8-10-22)16-6-5-15(20)12-17(16)23(25)26/h1-6,12H,7-11H2. The van der Waals surface area contributed by atoms with Crippen LogP contribution in [0.4, 0.5) is 11.4 Å². The van der Waals surface area contributed by atoms with Crippen molar-refractivity contribution in [2.24, 2.45) is 0 Å². The van der Waals surface area contributed by atoms with Gasteiger partial charge in [0.2, 0.25) is 5.91 Å². The first-order valence-electron chi connectivity index (χ1n) is 8.15. The second kappa shape index (κ2) is 7.93. The number of hydrogen-bond donors (Lipinski definition) is 0. The van der Waals surface area contributed by atoms with Crippen molar-refractivity contribution in [3.8, 4) is 0 Å². The quantitative estimate of drug-likeness (QED) is 0.585. The van der Waals surface area contributed by atoms with Gasteiger partial charge >= 0.3 is 0 Å². The highest BCUT2D eigenvalue weighted by Crippen LogP contribution is 2.31. The van der Waals surface area contributed by atoms with Crippen LogP contribution in [0.25, 0.3) is 0 Å². The Labute approximate surface area is 161 Å². The molecule has 8 heteroatoms. The molecule has 0 spiro atoms. The number of piperazine rings is 1. The Bertz CT molecular complexity index is 819. The topological polar surface area (TPSA) is 66.7 Å². The summed E-state index contributed by atoms with van der Waals surface area (Å²) in [6.45, 7) is 2.11. The van der Waals surface area contributed by atoms with Crippen LogP contribution in [-0.4, -0.2) is 41.9 Å². The molecule has 1 aliphatic rings. The number of benzene rings is 2. The Morgan fingerprint density at radius 2 is 1.62 bits per heavy atom. The Kier molecular flexibility index (Phi) is 5.64. The summed E-state index contributed by atoms with van der Waals surface area (Å²) in [7, 11) is 0. The van der Waals surface area contributed by atoms with Gasteiger partial charge in [-0.15, -0.1) is 0 Å². The molecule has 136 valence electrons.